The number of hydrogen-bond donors (Lipinski definition) is 0. The van der Waals surface area contributed by atoms with E-state index in [0.29, 0.717) is 23.3 Å². The number of ketones is 1. The van der Waals surface area contributed by atoms with Crippen LogP contribution in [0.3, 0.4) is 0 Å². The predicted molar refractivity (Wildman–Crippen MR) is 162 cm³/mol. The first-order valence-electron chi connectivity index (χ1n) is 13.7. The van der Waals surface area contributed by atoms with Crippen molar-refractivity contribution in [2.24, 2.45) is 0 Å². The third kappa shape index (κ3) is 5.25. The van der Waals surface area contributed by atoms with E-state index in [0.717, 1.165) is 56.2 Å². The first kappa shape index (κ1) is 27.2. The van der Waals surface area contributed by atoms with Crippen LogP contribution in [0.5, 0.6) is 17.4 Å². The monoisotopic (exact) mass is 566 g/mol. The van der Waals surface area contributed by atoms with Gasteiger partial charge >= 0.3 is 0 Å². The van der Waals surface area contributed by atoms with Gasteiger partial charge in [-0.1, -0.05) is 11.6 Å². The van der Waals surface area contributed by atoms with Crippen LogP contribution in [0.4, 0.5) is 0 Å². The van der Waals surface area contributed by atoms with Crippen molar-refractivity contribution in [1.29, 1.82) is 0 Å². The van der Waals surface area contributed by atoms with Gasteiger partial charge in [0.05, 0.1) is 23.2 Å². The predicted octanol–water partition coefficient (Wildman–Crippen LogP) is 8.58. The molecule has 6 nitrogen and oxygen atoms in total. The first-order valence-corrected chi connectivity index (χ1v) is 14.1. The molecule has 0 saturated carbocycles. The maximum Gasteiger partial charge on any atom is 0.219 e. The highest BCUT2D eigenvalue weighted by Gasteiger charge is 2.31. The van der Waals surface area contributed by atoms with E-state index in [1.54, 1.807) is 31.2 Å². The van der Waals surface area contributed by atoms with Crippen molar-refractivity contribution in [3.8, 4) is 28.5 Å². The van der Waals surface area contributed by atoms with Gasteiger partial charge in [0.25, 0.3) is 0 Å². The largest absolute Gasteiger partial charge is 0.493 e. The van der Waals surface area contributed by atoms with Crippen LogP contribution in [-0.2, 0) is 16.0 Å². The quantitative estimate of drug-likeness (QED) is 0.205. The molecule has 0 saturated heterocycles. The number of ether oxygens (including phenoxy) is 3. The maximum absolute atomic E-state index is 13.2. The van der Waals surface area contributed by atoms with Crippen LogP contribution in [0.25, 0.3) is 32.9 Å². The van der Waals surface area contributed by atoms with Crippen molar-refractivity contribution >= 4 is 39.2 Å². The van der Waals surface area contributed by atoms with Gasteiger partial charge in [-0.25, -0.2) is 4.98 Å². The van der Waals surface area contributed by atoms with Gasteiger partial charge in [0, 0.05) is 40.0 Å². The molecule has 208 valence electrons. The summed E-state index contributed by atoms with van der Waals surface area (Å²) in [5, 5.41) is 2.51. The second-order valence-corrected chi connectivity index (χ2v) is 11.8. The van der Waals surface area contributed by atoms with Crippen molar-refractivity contribution < 1.29 is 19.0 Å². The molecule has 0 fully saturated rings. The second-order valence-electron chi connectivity index (χ2n) is 11.4. The highest BCUT2D eigenvalue weighted by molar-refractivity contribution is 6.30. The summed E-state index contributed by atoms with van der Waals surface area (Å²) in [6, 6.07) is 19.1. The number of hydrogen-bond acceptors (Lipinski definition) is 6. The zero-order valence-corrected chi connectivity index (χ0v) is 24.5. The number of Topliss-reactive ketones (excluding diaryl/α,β-unsaturated/α-hetero) is 1. The van der Waals surface area contributed by atoms with Gasteiger partial charge in [0.15, 0.2) is 5.78 Å². The SMILES string of the molecule is CC(=O)[C@@H](OC(C)(C)C)c1c(C)cc2nc(Oc3ccc(Cl)cc3)ccc2c1-c1ccc2c3c(ccnc13)CCO2. The third-order valence-corrected chi connectivity index (χ3v) is 7.45. The van der Waals surface area contributed by atoms with Crippen molar-refractivity contribution in [3.63, 3.8) is 0 Å². The number of carbonyl (C=O) groups excluding carboxylic acids is 1. The smallest absolute Gasteiger partial charge is 0.219 e. The van der Waals surface area contributed by atoms with E-state index in [-0.39, 0.29) is 5.78 Å². The molecule has 1 aliphatic heterocycles. The molecule has 0 unspecified atom stereocenters. The number of fused-ring (bicyclic) bond motifs is 1. The van der Waals surface area contributed by atoms with E-state index < -0.39 is 11.7 Å². The van der Waals surface area contributed by atoms with E-state index in [1.165, 1.54) is 5.56 Å². The van der Waals surface area contributed by atoms with Crippen molar-refractivity contribution in [3.05, 3.63) is 88.6 Å². The number of pyridine rings is 2. The molecule has 3 aromatic carbocycles. The summed E-state index contributed by atoms with van der Waals surface area (Å²) >= 11 is 6.04. The molecule has 0 spiro atoms. The summed E-state index contributed by atoms with van der Waals surface area (Å²) in [5.41, 5.74) is 5.69. The number of halogens is 1. The van der Waals surface area contributed by atoms with Crippen LogP contribution in [0.2, 0.25) is 5.02 Å². The molecule has 0 aliphatic carbocycles. The fraction of sp³-hybridized carbons (Fsp3) is 0.265. The maximum atomic E-state index is 13.2. The summed E-state index contributed by atoms with van der Waals surface area (Å²) < 4.78 is 18.5. The van der Waals surface area contributed by atoms with Crippen LogP contribution in [0.15, 0.2) is 66.9 Å². The lowest BCUT2D eigenvalue weighted by Gasteiger charge is -2.30. The standard InChI is InChI=1S/C34H31ClN2O4/c1-19-18-26-24(11-13-28(37-26)40-23-8-6-22(35)7-9-23)31(29(19)33(20(2)38)41-34(3,4)5)25-10-12-27-30-21(15-17-39-27)14-16-36-32(25)30/h6-14,16,18,33H,15,17H2,1-5H3/t33-/m1/s1. The normalized spacial score (nSPS) is 13.7. The molecular formula is C34H31ClN2O4. The molecule has 1 aliphatic rings. The summed E-state index contributed by atoms with van der Waals surface area (Å²) in [7, 11) is 0. The molecule has 5 aromatic rings. The van der Waals surface area contributed by atoms with Crippen LogP contribution in [0, 0.1) is 6.92 Å². The average Bonchev–Trinajstić information content (AvgIpc) is 2.92. The first-order chi connectivity index (χ1) is 19.6. The molecule has 41 heavy (non-hydrogen) atoms. The second kappa shape index (κ2) is 10.4. The molecule has 0 amide bonds. The molecule has 0 radical (unpaired) electrons. The Labute approximate surface area is 244 Å². The van der Waals surface area contributed by atoms with Gasteiger partial charge < -0.3 is 14.2 Å². The molecule has 3 heterocycles. The van der Waals surface area contributed by atoms with E-state index in [4.69, 9.17) is 35.8 Å². The van der Waals surface area contributed by atoms with Gasteiger partial charge in [0.1, 0.15) is 17.6 Å². The Hall–Kier alpha value is -4.00. The van der Waals surface area contributed by atoms with Gasteiger partial charge in [-0.05, 0) is 111 Å². The molecule has 0 N–H and O–H groups in total. The fourth-order valence-corrected chi connectivity index (χ4v) is 5.64. The summed E-state index contributed by atoms with van der Waals surface area (Å²) in [6.45, 7) is 10.1. The number of rotatable bonds is 6. The highest BCUT2D eigenvalue weighted by atomic mass is 35.5. The zero-order valence-electron chi connectivity index (χ0n) is 23.7. The number of nitrogens with zero attached hydrogens (tertiary/aromatic N) is 2. The average molecular weight is 567 g/mol. The molecule has 6 rings (SSSR count). The Bertz CT molecular complexity index is 1800. The summed E-state index contributed by atoms with van der Waals surface area (Å²) in [6.07, 6.45) is 1.88. The number of benzene rings is 3. The van der Waals surface area contributed by atoms with Gasteiger partial charge in [-0.2, -0.15) is 0 Å². The van der Waals surface area contributed by atoms with E-state index in [9.17, 15) is 4.79 Å². The summed E-state index contributed by atoms with van der Waals surface area (Å²) in [4.78, 5) is 22.9. The molecule has 7 heteroatoms. The molecule has 0 bridgehead atoms. The Morgan fingerprint density at radius 2 is 1.83 bits per heavy atom. The van der Waals surface area contributed by atoms with Crippen LogP contribution in [0.1, 0.15) is 50.5 Å². The lowest BCUT2D eigenvalue weighted by Crippen LogP contribution is -2.27. The van der Waals surface area contributed by atoms with E-state index in [1.807, 2.05) is 64.2 Å². The van der Waals surface area contributed by atoms with Crippen molar-refractivity contribution in [2.45, 2.75) is 52.7 Å². The lowest BCUT2D eigenvalue weighted by molar-refractivity contribution is -0.138. The number of aromatic nitrogens is 2. The van der Waals surface area contributed by atoms with E-state index >= 15 is 0 Å². The molecular weight excluding hydrogens is 536 g/mol. The van der Waals surface area contributed by atoms with Gasteiger partial charge in [0.2, 0.25) is 5.88 Å². The fourth-order valence-electron chi connectivity index (χ4n) is 5.51. The van der Waals surface area contributed by atoms with Gasteiger partial charge in [-0.15, -0.1) is 0 Å². The zero-order chi connectivity index (χ0) is 28.9. The molecule has 1 atom stereocenters. The lowest BCUT2D eigenvalue weighted by atomic mass is 9.86. The molecule has 2 aromatic heterocycles. The van der Waals surface area contributed by atoms with Crippen LogP contribution in [-0.4, -0.2) is 28.0 Å². The van der Waals surface area contributed by atoms with Crippen molar-refractivity contribution in [2.75, 3.05) is 6.61 Å². The Kier molecular flexibility index (Phi) is 6.92. The topological polar surface area (TPSA) is 70.5 Å². The van der Waals surface area contributed by atoms with E-state index in [2.05, 4.69) is 6.07 Å². The van der Waals surface area contributed by atoms with Crippen molar-refractivity contribution in [1.82, 2.24) is 9.97 Å². The minimum absolute atomic E-state index is 0.0710. The minimum atomic E-state index is -0.776. The summed E-state index contributed by atoms with van der Waals surface area (Å²) in [5.74, 6) is 1.84. The Balaban J connectivity index is 1.62. The van der Waals surface area contributed by atoms with Gasteiger partial charge in [-0.3, -0.25) is 9.78 Å². The minimum Gasteiger partial charge on any atom is -0.493 e. The number of aryl methyl sites for hydroxylation is 1. The Morgan fingerprint density at radius 1 is 1.05 bits per heavy atom. The Morgan fingerprint density at radius 3 is 2.56 bits per heavy atom. The van der Waals surface area contributed by atoms with Crippen LogP contribution < -0.4 is 9.47 Å². The third-order valence-electron chi connectivity index (χ3n) is 7.19. The van der Waals surface area contributed by atoms with Crippen LogP contribution >= 0.6 is 11.6 Å². The number of carbonyl (C=O) groups is 1. The highest BCUT2D eigenvalue weighted by Crippen LogP contribution is 2.45.